The molecule has 0 aromatic carbocycles. The number of aryl methyl sites for hydroxylation is 2. The van der Waals surface area contributed by atoms with Crippen LogP contribution in [-0.4, -0.2) is 15.6 Å². The van der Waals surface area contributed by atoms with E-state index in [1.807, 2.05) is 6.92 Å². The van der Waals surface area contributed by atoms with Crippen LogP contribution in [0.1, 0.15) is 30.5 Å². The number of halogens is 1. The molecule has 82 valence electrons. The number of nitrogens with zero attached hydrogens (tertiary/aromatic N) is 2. The Labute approximate surface area is 94.4 Å². The minimum Gasteiger partial charge on any atom is -0.299 e. The van der Waals surface area contributed by atoms with Crippen LogP contribution >= 0.6 is 11.6 Å². The first kappa shape index (κ1) is 10.7. The highest BCUT2D eigenvalue weighted by Crippen LogP contribution is 2.33. The van der Waals surface area contributed by atoms with Crippen molar-refractivity contribution in [2.45, 2.75) is 32.6 Å². The van der Waals surface area contributed by atoms with Crippen molar-refractivity contribution in [3.63, 3.8) is 0 Å². The Morgan fingerprint density at radius 3 is 2.73 bits per heavy atom. The van der Waals surface area contributed by atoms with Crippen molar-refractivity contribution in [2.24, 2.45) is 13.0 Å². The van der Waals surface area contributed by atoms with Gasteiger partial charge in [-0.3, -0.25) is 9.48 Å². The second-order valence-electron chi connectivity index (χ2n) is 4.34. The summed E-state index contributed by atoms with van der Waals surface area (Å²) < 4.78 is 1.62. The van der Waals surface area contributed by atoms with Crippen LogP contribution in [0.4, 0.5) is 0 Å². The number of carbonyl (C=O) groups is 1. The van der Waals surface area contributed by atoms with Crippen LogP contribution in [0.15, 0.2) is 0 Å². The monoisotopic (exact) mass is 226 g/mol. The Morgan fingerprint density at radius 2 is 2.27 bits per heavy atom. The molecule has 3 nitrogen and oxygen atoms in total. The summed E-state index contributed by atoms with van der Waals surface area (Å²) in [5.41, 5.74) is 1.76. The molecule has 1 aliphatic rings. The van der Waals surface area contributed by atoms with Gasteiger partial charge >= 0.3 is 0 Å². The fourth-order valence-corrected chi connectivity index (χ4v) is 2.03. The molecule has 0 aliphatic heterocycles. The molecule has 2 rings (SSSR count). The average molecular weight is 227 g/mol. The van der Waals surface area contributed by atoms with E-state index >= 15 is 0 Å². The van der Waals surface area contributed by atoms with Crippen molar-refractivity contribution in [1.82, 2.24) is 9.78 Å². The van der Waals surface area contributed by atoms with Crippen LogP contribution in [0.3, 0.4) is 0 Å². The first-order valence-electron chi connectivity index (χ1n) is 5.27. The molecule has 1 aromatic rings. The predicted octanol–water partition coefficient (Wildman–Crippen LogP) is 2.29. The summed E-state index contributed by atoms with van der Waals surface area (Å²) in [6.07, 6.45) is 3.58. The van der Waals surface area contributed by atoms with E-state index in [2.05, 4.69) is 5.10 Å². The molecule has 15 heavy (non-hydrogen) atoms. The van der Waals surface area contributed by atoms with Gasteiger partial charge in [-0.05, 0) is 25.7 Å². The summed E-state index contributed by atoms with van der Waals surface area (Å²) in [6.45, 7) is 1.89. The molecule has 0 unspecified atom stereocenters. The minimum absolute atomic E-state index is 0.288. The van der Waals surface area contributed by atoms with Crippen LogP contribution in [0, 0.1) is 12.8 Å². The van der Waals surface area contributed by atoms with Gasteiger partial charge in [-0.2, -0.15) is 5.10 Å². The van der Waals surface area contributed by atoms with Crippen LogP contribution < -0.4 is 0 Å². The molecule has 0 atom stereocenters. The second kappa shape index (κ2) is 3.97. The fourth-order valence-electron chi connectivity index (χ4n) is 1.79. The lowest BCUT2D eigenvalue weighted by atomic mass is 10.1. The van der Waals surface area contributed by atoms with E-state index in [0.717, 1.165) is 11.3 Å². The van der Waals surface area contributed by atoms with Gasteiger partial charge in [0.25, 0.3) is 0 Å². The minimum atomic E-state index is 0.288. The zero-order chi connectivity index (χ0) is 11.0. The van der Waals surface area contributed by atoms with Gasteiger partial charge < -0.3 is 0 Å². The molecular weight excluding hydrogens is 212 g/mol. The van der Waals surface area contributed by atoms with E-state index < -0.39 is 0 Å². The van der Waals surface area contributed by atoms with Crippen molar-refractivity contribution in [3.05, 3.63) is 16.4 Å². The van der Waals surface area contributed by atoms with Crippen LogP contribution in [-0.2, 0) is 18.3 Å². The molecule has 1 aromatic heterocycles. The SMILES string of the molecule is Cc1nn(C)c(Cl)c1CC(=O)CC1CC1. The first-order chi connectivity index (χ1) is 7.08. The maximum Gasteiger partial charge on any atom is 0.137 e. The third-order valence-electron chi connectivity index (χ3n) is 2.86. The third-order valence-corrected chi connectivity index (χ3v) is 3.33. The molecule has 1 aliphatic carbocycles. The molecule has 4 heteroatoms. The normalized spacial score (nSPS) is 15.7. The highest BCUT2D eigenvalue weighted by molar-refractivity contribution is 6.30. The zero-order valence-corrected chi connectivity index (χ0v) is 9.84. The number of ketones is 1. The van der Waals surface area contributed by atoms with E-state index in [1.165, 1.54) is 12.8 Å². The molecule has 0 amide bonds. The third kappa shape index (κ3) is 2.40. The highest BCUT2D eigenvalue weighted by Gasteiger charge is 2.25. The molecule has 1 fully saturated rings. The highest BCUT2D eigenvalue weighted by atomic mass is 35.5. The molecular formula is C11H15ClN2O. The lowest BCUT2D eigenvalue weighted by molar-refractivity contribution is -0.118. The summed E-state index contributed by atoms with van der Waals surface area (Å²) in [7, 11) is 1.80. The summed E-state index contributed by atoms with van der Waals surface area (Å²) >= 11 is 6.06. The summed E-state index contributed by atoms with van der Waals surface area (Å²) in [4.78, 5) is 11.7. The van der Waals surface area contributed by atoms with Gasteiger partial charge in [0.2, 0.25) is 0 Å². The van der Waals surface area contributed by atoms with E-state index in [0.29, 0.717) is 23.9 Å². The number of Topliss-reactive ketones (excluding diaryl/α,β-unsaturated/α-hetero) is 1. The smallest absolute Gasteiger partial charge is 0.137 e. The number of rotatable bonds is 4. The van der Waals surface area contributed by atoms with E-state index in [1.54, 1.807) is 11.7 Å². The lowest BCUT2D eigenvalue weighted by Crippen LogP contribution is -2.04. The Balaban J connectivity index is 2.05. The van der Waals surface area contributed by atoms with Gasteiger partial charge in [-0.15, -0.1) is 0 Å². The Hall–Kier alpha value is -0.830. The largest absolute Gasteiger partial charge is 0.299 e. The van der Waals surface area contributed by atoms with Crippen molar-refractivity contribution in [3.8, 4) is 0 Å². The topological polar surface area (TPSA) is 34.9 Å². The Bertz CT molecular complexity index is 394. The molecule has 0 bridgehead atoms. The molecule has 1 heterocycles. The van der Waals surface area contributed by atoms with Crippen molar-refractivity contribution in [1.29, 1.82) is 0 Å². The standard InChI is InChI=1S/C11H15ClN2O/c1-7-10(11(12)14(2)13-7)6-9(15)5-8-3-4-8/h8H,3-6H2,1-2H3. The summed E-state index contributed by atoms with van der Waals surface area (Å²) in [5, 5.41) is 4.79. The maximum absolute atomic E-state index is 11.7. The molecule has 0 spiro atoms. The van der Waals surface area contributed by atoms with Gasteiger partial charge in [-0.1, -0.05) is 11.6 Å². The summed E-state index contributed by atoms with van der Waals surface area (Å²) in [5.74, 6) is 0.934. The van der Waals surface area contributed by atoms with Gasteiger partial charge in [0.1, 0.15) is 10.9 Å². The number of aromatic nitrogens is 2. The van der Waals surface area contributed by atoms with Gasteiger partial charge in [0.05, 0.1) is 5.69 Å². The van der Waals surface area contributed by atoms with Gasteiger partial charge in [-0.25, -0.2) is 0 Å². The van der Waals surface area contributed by atoms with Crippen LogP contribution in [0.5, 0.6) is 0 Å². The van der Waals surface area contributed by atoms with Crippen molar-refractivity contribution < 1.29 is 4.79 Å². The first-order valence-corrected chi connectivity index (χ1v) is 5.65. The predicted molar refractivity (Wildman–Crippen MR) is 59.0 cm³/mol. The molecule has 0 N–H and O–H groups in total. The van der Waals surface area contributed by atoms with Crippen molar-refractivity contribution >= 4 is 17.4 Å². The van der Waals surface area contributed by atoms with E-state index in [-0.39, 0.29) is 5.78 Å². The van der Waals surface area contributed by atoms with E-state index in [4.69, 9.17) is 11.6 Å². The molecule has 0 radical (unpaired) electrons. The number of hydrogen-bond donors (Lipinski definition) is 0. The van der Waals surface area contributed by atoms with Crippen LogP contribution in [0.2, 0.25) is 5.15 Å². The number of hydrogen-bond acceptors (Lipinski definition) is 2. The Kier molecular flexibility index (Phi) is 2.83. The molecule has 1 saturated carbocycles. The quantitative estimate of drug-likeness (QED) is 0.790. The van der Waals surface area contributed by atoms with Gasteiger partial charge in [0, 0.05) is 25.5 Å². The Morgan fingerprint density at radius 1 is 1.60 bits per heavy atom. The van der Waals surface area contributed by atoms with E-state index in [9.17, 15) is 4.79 Å². The molecule has 0 saturated heterocycles. The van der Waals surface area contributed by atoms with Gasteiger partial charge in [0.15, 0.2) is 0 Å². The lowest BCUT2D eigenvalue weighted by Gasteiger charge is -1.99. The average Bonchev–Trinajstić information content (AvgIpc) is 2.92. The van der Waals surface area contributed by atoms with Crippen LogP contribution in [0.25, 0.3) is 0 Å². The zero-order valence-electron chi connectivity index (χ0n) is 9.09. The second-order valence-corrected chi connectivity index (χ2v) is 4.70. The van der Waals surface area contributed by atoms with Crippen molar-refractivity contribution in [2.75, 3.05) is 0 Å². The maximum atomic E-state index is 11.7. The fraction of sp³-hybridized carbons (Fsp3) is 0.636. The number of carbonyl (C=O) groups excluding carboxylic acids is 1. The summed E-state index contributed by atoms with van der Waals surface area (Å²) in [6, 6.07) is 0.